The van der Waals surface area contributed by atoms with Crippen LogP contribution >= 0.6 is 0 Å². The summed E-state index contributed by atoms with van der Waals surface area (Å²) in [6.45, 7) is 0. The zero-order valence-corrected chi connectivity index (χ0v) is 10.8. The summed E-state index contributed by atoms with van der Waals surface area (Å²) >= 11 is 0. The third kappa shape index (κ3) is 3.00. The first-order chi connectivity index (χ1) is 8.49. The van der Waals surface area contributed by atoms with E-state index in [1.54, 1.807) is 0 Å². The lowest BCUT2D eigenvalue weighted by Gasteiger charge is -2.22. The van der Waals surface area contributed by atoms with Crippen LogP contribution in [0.5, 0.6) is 0 Å². The van der Waals surface area contributed by atoms with Crippen LogP contribution in [0.25, 0.3) is 0 Å². The Kier molecular flexibility index (Phi) is 3.87. The highest BCUT2D eigenvalue weighted by atomic mass is 32.2. The number of nitrogen functional groups attached to an aromatic ring is 1. The summed E-state index contributed by atoms with van der Waals surface area (Å²) < 4.78 is 40.0. The lowest BCUT2D eigenvalue weighted by molar-refractivity contribution is 0.412. The van der Waals surface area contributed by atoms with Crippen LogP contribution in [0.15, 0.2) is 23.1 Å². The van der Waals surface area contributed by atoms with Gasteiger partial charge in [-0.3, -0.25) is 0 Å². The summed E-state index contributed by atoms with van der Waals surface area (Å²) in [5.41, 5.74) is 5.28. The van der Waals surface area contributed by atoms with E-state index in [9.17, 15) is 12.8 Å². The first-order valence-corrected chi connectivity index (χ1v) is 7.55. The van der Waals surface area contributed by atoms with Gasteiger partial charge in [0, 0.05) is 6.04 Å². The van der Waals surface area contributed by atoms with E-state index in [1.165, 1.54) is 12.1 Å². The monoisotopic (exact) mass is 272 g/mol. The molecule has 0 saturated heterocycles. The van der Waals surface area contributed by atoms with E-state index in [2.05, 4.69) is 4.72 Å². The van der Waals surface area contributed by atoms with E-state index in [0.29, 0.717) is 0 Å². The second kappa shape index (κ2) is 5.24. The summed E-state index contributed by atoms with van der Waals surface area (Å²) in [7, 11) is -3.64. The highest BCUT2D eigenvalue weighted by Gasteiger charge is 2.22. The smallest absolute Gasteiger partial charge is 0.240 e. The molecule has 1 aliphatic rings. The molecule has 1 fully saturated rings. The van der Waals surface area contributed by atoms with Crippen LogP contribution in [0.3, 0.4) is 0 Å². The normalized spacial score (nSPS) is 17.8. The number of rotatable bonds is 3. The molecule has 18 heavy (non-hydrogen) atoms. The van der Waals surface area contributed by atoms with Crippen LogP contribution in [0.2, 0.25) is 0 Å². The molecule has 4 nitrogen and oxygen atoms in total. The fourth-order valence-electron chi connectivity index (χ4n) is 2.18. The molecule has 0 bridgehead atoms. The van der Waals surface area contributed by atoms with E-state index in [-0.39, 0.29) is 16.6 Å². The van der Waals surface area contributed by atoms with Crippen LogP contribution in [0.4, 0.5) is 10.1 Å². The van der Waals surface area contributed by atoms with Crippen molar-refractivity contribution >= 4 is 15.7 Å². The van der Waals surface area contributed by atoms with Crippen molar-refractivity contribution in [1.29, 1.82) is 0 Å². The topological polar surface area (TPSA) is 72.2 Å². The molecule has 0 spiro atoms. The van der Waals surface area contributed by atoms with Crippen molar-refractivity contribution in [3.8, 4) is 0 Å². The average molecular weight is 272 g/mol. The molecule has 3 N–H and O–H groups in total. The molecule has 1 aromatic rings. The van der Waals surface area contributed by atoms with Gasteiger partial charge < -0.3 is 5.73 Å². The van der Waals surface area contributed by atoms with Gasteiger partial charge in [0.1, 0.15) is 5.82 Å². The number of anilines is 1. The molecule has 0 aliphatic heterocycles. The summed E-state index contributed by atoms with van der Waals surface area (Å²) in [6, 6.07) is 3.51. The van der Waals surface area contributed by atoms with Gasteiger partial charge in [0.2, 0.25) is 10.0 Å². The largest absolute Gasteiger partial charge is 0.396 e. The fourth-order valence-corrected chi connectivity index (χ4v) is 3.50. The molecule has 100 valence electrons. The Labute approximate surface area is 106 Å². The molecule has 2 rings (SSSR count). The van der Waals surface area contributed by atoms with Gasteiger partial charge in [-0.1, -0.05) is 19.3 Å². The number of sulfonamides is 1. The summed E-state index contributed by atoms with van der Waals surface area (Å²) in [4.78, 5) is -0.0697. The third-order valence-electron chi connectivity index (χ3n) is 3.21. The van der Waals surface area contributed by atoms with E-state index in [0.717, 1.165) is 38.2 Å². The highest BCUT2D eigenvalue weighted by molar-refractivity contribution is 7.89. The molecular weight excluding hydrogens is 255 g/mol. The number of nitrogens with two attached hydrogens (primary N) is 1. The first kappa shape index (κ1) is 13.3. The second-order valence-electron chi connectivity index (χ2n) is 4.64. The van der Waals surface area contributed by atoms with Gasteiger partial charge in [-0.2, -0.15) is 0 Å². The Bertz CT molecular complexity index is 525. The predicted octanol–water partition coefficient (Wildman–Crippen LogP) is 2.02. The summed E-state index contributed by atoms with van der Waals surface area (Å²) in [5.74, 6) is -0.707. The van der Waals surface area contributed by atoms with Crippen LogP contribution in [-0.4, -0.2) is 14.5 Å². The summed E-state index contributed by atoms with van der Waals surface area (Å²) in [6.07, 6.45) is 4.90. The van der Waals surface area contributed by atoms with Crippen molar-refractivity contribution in [2.45, 2.75) is 43.0 Å². The fraction of sp³-hybridized carbons (Fsp3) is 0.500. The molecule has 6 heteroatoms. The Morgan fingerprint density at radius 1 is 1.22 bits per heavy atom. The third-order valence-corrected chi connectivity index (χ3v) is 4.73. The van der Waals surface area contributed by atoms with E-state index < -0.39 is 15.8 Å². The Morgan fingerprint density at radius 2 is 1.89 bits per heavy atom. The summed E-state index contributed by atoms with van der Waals surface area (Å²) in [5, 5.41) is 0. The SMILES string of the molecule is Nc1ccc(S(=O)(=O)NC2CCCCC2)cc1F. The Balaban J connectivity index is 2.16. The highest BCUT2D eigenvalue weighted by Crippen LogP contribution is 2.21. The van der Waals surface area contributed by atoms with Gasteiger partial charge in [-0.15, -0.1) is 0 Å². The van der Waals surface area contributed by atoms with Crippen LogP contribution in [0.1, 0.15) is 32.1 Å². The van der Waals surface area contributed by atoms with Gasteiger partial charge in [0.15, 0.2) is 0 Å². The molecule has 0 amide bonds. The van der Waals surface area contributed by atoms with E-state index in [4.69, 9.17) is 5.73 Å². The molecule has 0 atom stereocenters. The Morgan fingerprint density at radius 3 is 2.50 bits per heavy atom. The average Bonchev–Trinajstić information content (AvgIpc) is 2.33. The molecule has 1 aliphatic carbocycles. The van der Waals surface area contributed by atoms with Crippen molar-refractivity contribution in [2.75, 3.05) is 5.73 Å². The van der Waals surface area contributed by atoms with Crippen molar-refractivity contribution in [1.82, 2.24) is 4.72 Å². The molecule has 1 aromatic carbocycles. The van der Waals surface area contributed by atoms with Crippen molar-refractivity contribution in [2.24, 2.45) is 0 Å². The number of hydrogen-bond acceptors (Lipinski definition) is 3. The molecule has 0 radical (unpaired) electrons. The van der Waals surface area contributed by atoms with Crippen LogP contribution < -0.4 is 10.5 Å². The zero-order valence-electron chi connectivity index (χ0n) is 10.0. The van der Waals surface area contributed by atoms with Gasteiger partial charge in [0.25, 0.3) is 0 Å². The lowest BCUT2D eigenvalue weighted by atomic mass is 9.96. The maximum Gasteiger partial charge on any atom is 0.240 e. The molecule has 1 saturated carbocycles. The van der Waals surface area contributed by atoms with Crippen molar-refractivity contribution in [3.05, 3.63) is 24.0 Å². The van der Waals surface area contributed by atoms with E-state index in [1.807, 2.05) is 0 Å². The van der Waals surface area contributed by atoms with Gasteiger partial charge in [0.05, 0.1) is 10.6 Å². The lowest BCUT2D eigenvalue weighted by Crippen LogP contribution is -2.36. The molecule has 0 heterocycles. The first-order valence-electron chi connectivity index (χ1n) is 6.06. The number of nitrogens with one attached hydrogen (secondary N) is 1. The van der Waals surface area contributed by atoms with Gasteiger partial charge >= 0.3 is 0 Å². The van der Waals surface area contributed by atoms with Crippen molar-refractivity contribution < 1.29 is 12.8 Å². The molecular formula is C12H17FN2O2S. The second-order valence-corrected chi connectivity index (χ2v) is 6.35. The van der Waals surface area contributed by atoms with Crippen molar-refractivity contribution in [3.63, 3.8) is 0 Å². The van der Waals surface area contributed by atoms with Crippen LogP contribution in [0, 0.1) is 5.82 Å². The van der Waals surface area contributed by atoms with Crippen LogP contribution in [-0.2, 0) is 10.0 Å². The Hall–Kier alpha value is -1.14. The van der Waals surface area contributed by atoms with Gasteiger partial charge in [-0.25, -0.2) is 17.5 Å². The maximum atomic E-state index is 13.3. The molecule has 0 aromatic heterocycles. The predicted molar refractivity (Wildman–Crippen MR) is 68.0 cm³/mol. The van der Waals surface area contributed by atoms with E-state index >= 15 is 0 Å². The minimum atomic E-state index is -3.64. The zero-order chi connectivity index (χ0) is 13.2. The maximum absolute atomic E-state index is 13.3. The minimum Gasteiger partial charge on any atom is -0.396 e. The quantitative estimate of drug-likeness (QED) is 0.827. The number of hydrogen-bond donors (Lipinski definition) is 2. The minimum absolute atomic E-state index is 0.0376. The number of benzene rings is 1. The number of halogens is 1. The molecule has 0 unspecified atom stereocenters. The van der Waals surface area contributed by atoms with Gasteiger partial charge in [-0.05, 0) is 31.0 Å². The standard InChI is InChI=1S/C12H17FN2O2S/c13-11-8-10(6-7-12(11)14)18(16,17)15-9-4-2-1-3-5-9/h6-9,15H,1-5,14H2.